The third-order valence-corrected chi connectivity index (χ3v) is 5.64. The van der Waals surface area contributed by atoms with Crippen molar-refractivity contribution in [3.8, 4) is 5.69 Å². The van der Waals surface area contributed by atoms with Crippen LogP contribution in [0.2, 0.25) is 5.02 Å². The van der Waals surface area contributed by atoms with Crippen molar-refractivity contribution in [3.63, 3.8) is 0 Å². The molecule has 1 amide bonds. The van der Waals surface area contributed by atoms with Crippen molar-refractivity contribution in [2.45, 2.75) is 39.8 Å². The van der Waals surface area contributed by atoms with Crippen LogP contribution in [-0.4, -0.2) is 32.5 Å². The minimum atomic E-state index is -0.296. The fourth-order valence-electron chi connectivity index (χ4n) is 3.61. The molecule has 0 aliphatic carbocycles. The second-order valence-electron chi connectivity index (χ2n) is 6.94. The molecular weight excluding hydrogens is 378 g/mol. The number of H-pyrrole nitrogens is 1. The van der Waals surface area contributed by atoms with Crippen molar-refractivity contribution in [2.75, 3.05) is 6.61 Å². The number of hydrogen-bond acceptors (Lipinski definition) is 4. The summed E-state index contributed by atoms with van der Waals surface area (Å²) in [5.41, 5.74) is 5.87. The first kappa shape index (κ1) is 18.7. The number of amides is 1. The van der Waals surface area contributed by atoms with Crippen LogP contribution in [0.5, 0.6) is 0 Å². The lowest BCUT2D eigenvalue weighted by molar-refractivity contribution is 0.0684. The van der Waals surface area contributed by atoms with Gasteiger partial charge in [-0.2, -0.15) is 10.2 Å². The largest absolute Gasteiger partial charge is 0.373 e. The summed E-state index contributed by atoms with van der Waals surface area (Å²) in [5, 5.41) is 15.3. The molecule has 3 aromatic rings. The molecule has 28 heavy (non-hydrogen) atoms. The number of carbonyl (C=O) groups is 1. The number of fused-ring (bicyclic) bond motifs is 1. The summed E-state index contributed by atoms with van der Waals surface area (Å²) in [5.74, 6) is -0.219. The number of aromatic amines is 1. The van der Waals surface area contributed by atoms with Crippen LogP contribution in [0, 0.1) is 13.8 Å². The van der Waals surface area contributed by atoms with Gasteiger partial charge >= 0.3 is 0 Å². The Morgan fingerprint density at radius 1 is 1.43 bits per heavy atom. The van der Waals surface area contributed by atoms with E-state index in [1.54, 1.807) is 10.9 Å². The number of benzene rings is 1. The molecule has 2 N–H and O–H groups in total. The van der Waals surface area contributed by atoms with E-state index >= 15 is 0 Å². The average Bonchev–Trinajstić information content (AvgIpc) is 3.28. The van der Waals surface area contributed by atoms with Crippen LogP contribution in [0.25, 0.3) is 5.69 Å². The van der Waals surface area contributed by atoms with E-state index in [-0.39, 0.29) is 11.9 Å². The molecule has 3 heterocycles. The molecule has 1 unspecified atom stereocenters. The molecule has 146 valence electrons. The zero-order chi connectivity index (χ0) is 19.8. The summed E-state index contributed by atoms with van der Waals surface area (Å²) in [6.45, 7) is 6.68. The molecule has 7 nitrogen and oxygen atoms in total. The van der Waals surface area contributed by atoms with Crippen molar-refractivity contribution >= 4 is 17.5 Å². The molecule has 0 spiro atoms. The summed E-state index contributed by atoms with van der Waals surface area (Å²) in [6.07, 6.45) is 2.51. The number of ether oxygens (including phenoxy) is 1. The van der Waals surface area contributed by atoms with Gasteiger partial charge in [0.15, 0.2) is 5.69 Å². The van der Waals surface area contributed by atoms with Gasteiger partial charge in [0, 0.05) is 16.8 Å². The lowest BCUT2D eigenvalue weighted by Gasteiger charge is -2.24. The summed E-state index contributed by atoms with van der Waals surface area (Å²) in [7, 11) is 0. The van der Waals surface area contributed by atoms with Gasteiger partial charge in [-0.1, -0.05) is 30.7 Å². The highest BCUT2D eigenvalue weighted by Gasteiger charge is 2.29. The fraction of sp³-hybridized carbons (Fsp3) is 0.350. The first-order chi connectivity index (χ1) is 13.5. The maximum Gasteiger partial charge on any atom is 0.272 e. The van der Waals surface area contributed by atoms with Gasteiger partial charge in [-0.15, -0.1) is 0 Å². The molecule has 1 aliphatic heterocycles. The second kappa shape index (κ2) is 7.41. The number of hydrogen-bond donors (Lipinski definition) is 2. The lowest BCUT2D eigenvalue weighted by Crippen LogP contribution is -2.35. The molecule has 8 heteroatoms. The fourth-order valence-corrected chi connectivity index (χ4v) is 3.81. The number of aryl methyl sites for hydroxylation is 2. The smallest absolute Gasteiger partial charge is 0.272 e. The number of nitrogens with zero attached hydrogens (tertiary/aromatic N) is 3. The van der Waals surface area contributed by atoms with Crippen molar-refractivity contribution in [2.24, 2.45) is 0 Å². The summed E-state index contributed by atoms with van der Waals surface area (Å²) in [6, 6.07) is 5.53. The Balaban J connectivity index is 1.64. The number of nitrogens with one attached hydrogen (secondary N) is 2. The predicted octanol–water partition coefficient (Wildman–Crippen LogP) is 3.43. The van der Waals surface area contributed by atoms with Crippen LogP contribution in [0.4, 0.5) is 0 Å². The molecule has 0 fully saturated rings. The number of rotatable bonds is 4. The third-order valence-electron chi connectivity index (χ3n) is 5.15. The number of halogens is 1. The van der Waals surface area contributed by atoms with Gasteiger partial charge in [0.25, 0.3) is 5.91 Å². The zero-order valence-electron chi connectivity index (χ0n) is 16.0. The summed E-state index contributed by atoms with van der Waals surface area (Å²) < 4.78 is 7.54. The molecule has 4 rings (SSSR count). The van der Waals surface area contributed by atoms with Crippen LogP contribution >= 0.6 is 11.6 Å². The van der Waals surface area contributed by atoms with E-state index in [1.165, 1.54) is 0 Å². The van der Waals surface area contributed by atoms with E-state index in [1.807, 2.05) is 39.0 Å². The van der Waals surface area contributed by atoms with Crippen molar-refractivity contribution in [3.05, 3.63) is 63.2 Å². The second-order valence-corrected chi connectivity index (χ2v) is 7.31. The monoisotopic (exact) mass is 399 g/mol. The van der Waals surface area contributed by atoms with Gasteiger partial charge in [0.05, 0.1) is 41.9 Å². The molecule has 2 aromatic heterocycles. The highest BCUT2D eigenvalue weighted by Crippen LogP contribution is 2.30. The molecular formula is C20H22ClN5O2. The first-order valence-electron chi connectivity index (χ1n) is 9.26. The molecule has 0 bridgehead atoms. The van der Waals surface area contributed by atoms with E-state index in [2.05, 4.69) is 20.6 Å². The Morgan fingerprint density at radius 2 is 2.25 bits per heavy atom. The molecule has 0 saturated carbocycles. The van der Waals surface area contributed by atoms with E-state index in [9.17, 15) is 4.79 Å². The predicted molar refractivity (Wildman–Crippen MR) is 106 cm³/mol. The average molecular weight is 400 g/mol. The Kier molecular flexibility index (Phi) is 4.95. The lowest BCUT2D eigenvalue weighted by atomic mass is 10.1. The summed E-state index contributed by atoms with van der Waals surface area (Å²) >= 11 is 6.48. The van der Waals surface area contributed by atoms with Crippen LogP contribution in [0.3, 0.4) is 0 Å². The van der Waals surface area contributed by atoms with E-state index in [0.29, 0.717) is 23.9 Å². The van der Waals surface area contributed by atoms with Crippen molar-refractivity contribution in [1.29, 1.82) is 0 Å². The highest BCUT2D eigenvalue weighted by atomic mass is 35.5. The van der Waals surface area contributed by atoms with Crippen molar-refractivity contribution in [1.82, 2.24) is 25.3 Å². The zero-order valence-corrected chi connectivity index (χ0v) is 16.8. The molecule has 1 aliphatic rings. The normalized spacial score (nSPS) is 16.1. The minimum absolute atomic E-state index is 0.219. The quantitative estimate of drug-likeness (QED) is 0.703. The van der Waals surface area contributed by atoms with E-state index in [0.717, 1.165) is 40.2 Å². The number of aromatic nitrogens is 4. The standard InChI is InChI=1S/C20H22ClN5O2/c1-4-13-12(3)24-25-19(13)20(27)23-15-9-28-10-17-14(15)8-22-26(17)16-7-5-6-11(2)18(16)21/h5-8,15H,4,9-10H2,1-3H3,(H,23,27)(H,24,25). The maximum atomic E-state index is 12.8. The van der Waals surface area contributed by atoms with Crippen LogP contribution in [0.1, 0.15) is 51.5 Å². The van der Waals surface area contributed by atoms with Crippen LogP contribution in [0.15, 0.2) is 24.4 Å². The van der Waals surface area contributed by atoms with Gasteiger partial charge in [-0.3, -0.25) is 9.89 Å². The molecule has 0 saturated heterocycles. The number of carbonyl (C=O) groups excluding carboxylic acids is 1. The Hall–Kier alpha value is -2.64. The maximum absolute atomic E-state index is 12.8. The third kappa shape index (κ3) is 3.10. The van der Waals surface area contributed by atoms with Crippen molar-refractivity contribution < 1.29 is 9.53 Å². The minimum Gasteiger partial charge on any atom is -0.373 e. The van der Waals surface area contributed by atoms with Gasteiger partial charge in [0.1, 0.15) is 0 Å². The highest BCUT2D eigenvalue weighted by molar-refractivity contribution is 6.33. The Labute approximate surface area is 168 Å². The Morgan fingerprint density at radius 3 is 3.04 bits per heavy atom. The first-order valence-corrected chi connectivity index (χ1v) is 9.63. The Bertz CT molecular complexity index is 1040. The summed E-state index contributed by atoms with van der Waals surface area (Å²) in [4.78, 5) is 12.8. The van der Waals surface area contributed by atoms with Gasteiger partial charge in [0.2, 0.25) is 0 Å². The SMILES string of the molecule is CCc1c(C(=O)NC2COCc3c2cnn3-c2cccc(C)c2Cl)n[nH]c1C. The van der Waals surface area contributed by atoms with Crippen LogP contribution < -0.4 is 5.32 Å². The molecule has 0 radical (unpaired) electrons. The topological polar surface area (TPSA) is 84.8 Å². The molecule has 1 atom stereocenters. The van der Waals surface area contributed by atoms with Gasteiger partial charge in [-0.05, 0) is 31.9 Å². The van der Waals surface area contributed by atoms with E-state index < -0.39 is 0 Å². The van der Waals surface area contributed by atoms with Gasteiger partial charge in [-0.25, -0.2) is 4.68 Å². The molecule has 1 aromatic carbocycles. The van der Waals surface area contributed by atoms with E-state index in [4.69, 9.17) is 16.3 Å². The van der Waals surface area contributed by atoms with Gasteiger partial charge < -0.3 is 10.1 Å². The van der Waals surface area contributed by atoms with Crippen LogP contribution in [-0.2, 0) is 17.8 Å².